The van der Waals surface area contributed by atoms with Crippen molar-refractivity contribution in [2.45, 2.75) is 46.1 Å². The van der Waals surface area contributed by atoms with Gasteiger partial charge in [-0.25, -0.2) is 0 Å². The number of aryl methyl sites for hydroxylation is 2. The van der Waals surface area contributed by atoms with E-state index in [0.717, 1.165) is 36.4 Å². The molecule has 5 aromatic rings. The number of hydrogen-bond donors (Lipinski definition) is 0. The Morgan fingerprint density at radius 3 is 2.41 bits per heavy atom. The molecule has 1 aromatic heterocycles. The van der Waals surface area contributed by atoms with Gasteiger partial charge in [-0.15, -0.1) is 0 Å². The Labute approximate surface area is 236 Å². The van der Waals surface area contributed by atoms with Gasteiger partial charge < -0.3 is 4.57 Å². The molecule has 0 N–H and O–H groups in total. The number of nitrogens with zero attached hydrogens (tertiary/aromatic N) is 1. The molecular weight excluding hydrogens is 494 g/mol. The van der Waals surface area contributed by atoms with Gasteiger partial charge in [0.1, 0.15) is 0 Å². The molecule has 1 aliphatic carbocycles. The summed E-state index contributed by atoms with van der Waals surface area (Å²) in [4.78, 5) is 0. The van der Waals surface area contributed by atoms with Crippen LogP contribution in [0.25, 0.3) is 44.1 Å². The largest absolute Gasteiger partial charge is 0.340 e. The number of benzene rings is 4. The highest BCUT2D eigenvalue weighted by molar-refractivity contribution is 6.33. The lowest BCUT2D eigenvalue weighted by Crippen LogP contribution is -2.16. The van der Waals surface area contributed by atoms with Gasteiger partial charge in [0.15, 0.2) is 0 Å². The summed E-state index contributed by atoms with van der Waals surface area (Å²) in [6.45, 7) is 9.84. The Hall–Kier alpha value is -3.81. The average molecular weight is 528 g/mol. The van der Waals surface area contributed by atoms with Crippen LogP contribution in [0.2, 0.25) is 0 Å². The van der Waals surface area contributed by atoms with Gasteiger partial charge in [0.25, 0.3) is 0 Å². The van der Waals surface area contributed by atoms with E-state index < -0.39 is 0 Å². The summed E-state index contributed by atoms with van der Waals surface area (Å²) in [6, 6.07) is 26.1. The maximum Gasteiger partial charge on any atom is 0.0497 e. The molecular formula is C37H34ClN. The van der Waals surface area contributed by atoms with Crippen molar-refractivity contribution in [1.82, 2.24) is 4.57 Å². The maximum absolute atomic E-state index is 6.96. The first-order valence-corrected chi connectivity index (χ1v) is 14.4. The Balaban J connectivity index is 1.35. The normalized spacial score (nSPS) is 15.8. The van der Waals surface area contributed by atoms with Crippen molar-refractivity contribution >= 4 is 55.7 Å². The lowest BCUT2D eigenvalue weighted by Gasteiger charge is -2.09. The summed E-state index contributed by atoms with van der Waals surface area (Å²) < 4.78 is 2.49. The fourth-order valence-corrected chi connectivity index (χ4v) is 6.36. The Kier molecular flexibility index (Phi) is 7.02. The van der Waals surface area contributed by atoms with Gasteiger partial charge in [-0.05, 0) is 82.3 Å². The average Bonchev–Trinajstić information content (AvgIpc) is 3.46. The zero-order valence-corrected chi connectivity index (χ0v) is 23.6. The third kappa shape index (κ3) is 4.66. The number of aromatic nitrogens is 1. The van der Waals surface area contributed by atoms with E-state index in [-0.39, 0.29) is 0 Å². The number of halogens is 1. The molecule has 0 saturated heterocycles. The molecule has 194 valence electrons. The van der Waals surface area contributed by atoms with Crippen LogP contribution in [0.4, 0.5) is 0 Å². The molecule has 4 aromatic carbocycles. The zero-order valence-electron chi connectivity index (χ0n) is 22.8. The predicted octanol–water partition coefficient (Wildman–Crippen LogP) is 10.0. The molecule has 1 aliphatic rings. The van der Waals surface area contributed by atoms with Gasteiger partial charge in [0, 0.05) is 33.2 Å². The quantitative estimate of drug-likeness (QED) is 0.185. The van der Waals surface area contributed by atoms with Crippen LogP contribution in [0.15, 0.2) is 114 Å². The van der Waals surface area contributed by atoms with E-state index in [1.54, 1.807) is 0 Å². The molecule has 0 aliphatic heterocycles. The minimum Gasteiger partial charge on any atom is -0.340 e. The van der Waals surface area contributed by atoms with E-state index in [2.05, 4.69) is 122 Å². The van der Waals surface area contributed by atoms with Crippen molar-refractivity contribution in [3.63, 3.8) is 0 Å². The smallest absolute Gasteiger partial charge is 0.0497 e. The van der Waals surface area contributed by atoms with E-state index in [1.807, 2.05) is 0 Å². The predicted molar refractivity (Wildman–Crippen MR) is 171 cm³/mol. The number of fused-ring (bicyclic) bond motifs is 1. The Morgan fingerprint density at radius 2 is 1.62 bits per heavy atom. The van der Waals surface area contributed by atoms with Gasteiger partial charge in [-0.2, -0.15) is 0 Å². The van der Waals surface area contributed by atoms with E-state index in [1.165, 1.54) is 66.5 Å². The van der Waals surface area contributed by atoms with E-state index >= 15 is 0 Å². The number of allylic oxidation sites excluding steroid dienone is 7. The van der Waals surface area contributed by atoms with Gasteiger partial charge in [-0.1, -0.05) is 116 Å². The third-order valence-corrected chi connectivity index (χ3v) is 8.58. The van der Waals surface area contributed by atoms with Crippen LogP contribution < -0.4 is 5.35 Å². The van der Waals surface area contributed by atoms with Crippen LogP contribution in [-0.4, -0.2) is 4.57 Å². The number of unbranched alkanes of at least 4 members (excludes halogenated alkanes) is 1. The summed E-state index contributed by atoms with van der Waals surface area (Å²) >= 11 is 6.96. The minimum absolute atomic E-state index is 0.874. The third-order valence-electron chi connectivity index (χ3n) is 8.09. The standard InChI is InChI=1S/C37H34ClN/c1-4-5-24-39-33(32-16-8-13-28-14-9-17-34(39)36(28)32)23-22-30-21-20-29(37(30)38)19-18-25(2)31-15-7-12-27-11-6-10-26(3)35(27)31/h6-19,22-23H,2,4-5,20-21,24H2,1,3H3/b19-18+,30-22+,33-23+. The van der Waals surface area contributed by atoms with Gasteiger partial charge in [0.05, 0.1) is 0 Å². The lowest BCUT2D eigenvalue weighted by atomic mass is 9.95. The topological polar surface area (TPSA) is 4.93 Å². The summed E-state index contributed by atoms with van der Waals surface area (Å²) in [7, 11) is 0. The summed E-state index contributed by atoms with van der Waals surface area (Å²) in [5.74, 6) is 0. The molecule has 0 fully saturated rings. The zero-order chi connectivity index (χ0) is 26.9. The van der Waals surface area contributed by atoms with Crippen molar-refractivity contribution in [2.75, 3.05) is 0 Å². The second-order valence-electron chi connectivity index (χ2n) is 10.6. The molecule has 0 radical (unpaired) electrons. The first kappa shape index (κ1) is 25.5. The molecule has 0 amide bonds. The molecule has 0 unspecified atom stereocenters. The van der Waals surface area contributed by atoms with Crippen LogP contribution in [0.5, 0.6) is 0 Å². The van der Waals surface area contributed by atoms with Crippen LogP contribution in [0.1, 0.15) is 43.7 Å². The van der Waals surface area contributed by atoms with Gasteiger partial charge >= 0.3 is 0 Å². The van der Waals surface area contributed by atoms with Crippen LogP contribution in [-0.2, 0) is 6.54 Å². The van der Waals surface area contributed by atoms with Crippen LogP contribution >= 0.6 is 11.6 Å². The molecule has 0 bridgehead atoms. The summed E-state index contributed by atoms with van der Waals surface area (Å²) in [5.41, 5.74) is 7.16. The lowest BCUT2D eigenvalue weighted by molar-refractivity contribution is 0.640. The van der Waals surface area contributed by atoms with Crippen LogP contribution in [0.3, 0.4) is 0 Å². The molecule has 6 rings (SSSR count). The Morgan fingerprint density at radius 1 is 0.897 bits per heavy atom. The molecule has 2 heteroatoms. The highest BCUT2D eigenvalue weighted by atomic mass is 35.5. The summed E-state index contributed by atoms with van der Waals surface area (Å²) in [5, 5.41) is 8.64. The highest BCUT2D eigenvalue weighted by Crippen LogP contribution is 2.36. The van der Waals surface area contributed by atoms with Gasteiger partial charge in [-0.3, -0.25) is 0 Å². The molecule has 39 heavy (non-hydrogen) atoms. The molecule has 0 saturated carbocycles. The SMILES string of the molecule is C=C(/C=C/C1=C(Cl)C(=C/C=c2\c3cccc4cccc(c43)n2CCCC)/CC1)c1cccc2cccc(C)c12. The van der Waals surface area contributed by atoms with E-state index in [9.17, 15) is 0 Å². The first-order chi connectivity index (χ1) is 19.1. The molecule has 1 heterocycles. The number of hydrogen-bond acceptors (Lipinski definition) is 0. The van der Waals surface area contributed by atoms with Gasteiger partial charge in [0.2, 0.25) is 0 Å². The van der Waals surface area contributed by atoms with Crippen molar-refractivity contribution in [2.24, 2.45) is 0 Å². The molecule has 0 spiro atoms. The first-order valence-electron chi connectivity index (χ1n) is 14.0. The molecule has 1 nitrogen and oxygen atoms in total. The second kappa shape index (κ2) is 10.8. The monoisotopic (exact) mass is 527 g/mol. The van der Waals surface area contributed by atoms with E-state index in [0.29, 0.717) is 0 Å². The van der Waals surface area contributed by atoms with E-state index in [4.69, 9.17) is 11.6 Å². The highest BCUT2D eigenvalue weighted by Gasteiger charge is 2.16. The van der Waals surface area contributed by atoms with Crippen molar-refractivity contribution < 1.29 is 0 Å². The summed E-state index contributed by atoms with van der Waals surface area (Å²) in [6.07, 6.45) is 13.0. The second-order valence-corrected chi connectivity index (χ2v) is 11.0. The fraction of sp³-hybridized carbons (Fsp3) is 0.189. The Bertz CT molecular complexity index is 1860. The maximum atomic E-state index is 6.96. The molecule has 0 atom stereocenters. The fourth-order valence-electron chi connectivity index (χ4n) is 6.05. The van der Waals surface area contributed by atoms with Crippen LogP contribution in [0, 0.1) is 6.92 Å². The number of rotatable bonds is 7. The van der Waals surface area contributed by atoms with Crippen molar-refractivity contribution in [3.8, 4) is 0 Å². The van der Waals surface area contributed by atoms with Crippen molar-refractivity contribution in [3.05, 3.63) is 130 Å². The van der Waals surface area contributed by atoms with Crippen molar-refractivity contribution in [1.29, 1.82) is 0 Å². The minimum atomic E-state index is 0.874.